The van der Waals surface area contributed by atoms with Gasteiger partial charge in [0.05, 0.1) is 18.6 Å². The molecule has 0 amide bonds. The van der Waals surface area contributed by atoms with Crippen molar-refractivity contribution in [1.29, 1.82) is 0 Å². The summed E-state index contributed by atoms with van der Waals surface area (Å²) in [5.74, 6) is 0. The molecule has 0 aliphatic heterocycles. The minimum atomic E-state index is 0.330. The highest BCUT2D eigenvalue weighted by atomic mass is 16.5. The topological polar surface area (TPSA) is 34.4 Å². The molecule has 1 N–H and O–H groups in total. The van der Waals surface area contributed by atoms with Gasteiger partial charge in [-0.25, -0.2) is 0 Å². The molecule has 0 aliphatic rings. The Balaban J connectivity index is 2.05. The molecule has 0 aromatic carbocycles. The summed E-state index contributed by atoms with van der Waals surface area (Å²) in [5, 5.41) is 3.42. The van der Waals surface area contributed by atoms with Gasteiger partial charge in [-0.05, 0) is 39.8 Å². The fourth-order valence-corrected chi connectivity index (χ4v) is 1.35. The second-order valence-electron chi connectivity index (χ2n) is 4.01. The third kappa shape index (κ3) is 5.00. The lowest BCUT2D eigenvalue weighted by molar-refractivity contribution is 0.0768. The number of furan rings is 1. The van der Waals surface area contributed by atoms with Crippen molar-refractivity contribution in [3.05, 3.63) is 24.2 Å². The first-order chi connectivity index (χ1) is 7.20. The van der Waals surface area contributed by atoms with Crippen LogP contribution in [0.1, 0.15) is 38.8 Å². The van der Waals surface area contributed by atoms with Gasteiger partial charge in [-0.2, -0.15) is 0 Å². The van der Waals surface area contributed by atoms with E-state index >= 15 is 0 Å². The second kappa shape index (κ2) is 6.64. The van der Waals surface area contributed by atoms with E-state index in [2.05, 4.69) is 26.1 Å². The number of ether oxygens (including phenoxy) is 1. The highest BCUT2D eigenvalue weighted by molar-refractivity contribution is 5.09. The third-order valence-corrected chi connectivity index (χ3v) is 2.27. The molecule has 0 fully saturated rings. The first-order valence-corrected chi connectivity index (χ1v) is 5.57. The largest absolute Gasteiger partial charge is 0.472 e. The first-order valence-electron chi connectivity index (χ1n) is 5.57. The maximum atomic E-state index is 5.46. The molecule has 86 valence electrons. The number of rotatable bonds is 7. The van der Waals surface area contributed by atoms with Crippen LogP contribution in [0.5, 0.6) is 0 Å². The van der Waals surface area contributed by atoms with E-state index < -0.39 is 0 Å². The molecule has 3 nitrogen and oxygen atoms in total. The van der Waals surface area contributed by atoms with E-state index in [4.69, 9.17) is 9.15 Å². The van der Waals surface area contributed by atoms with Crippen molar-refractivity contribution >= 4 is 0 Å². The summed E-state index contributed by atoms with van der Waals surface area (Å²) in [6.45, 7) is 8.04. The van der Waals surface area contributed by atoms with Gasteiger partial charge in [0, 0.05) is 18.2 Å². The van der Waals surface area contributed by atoms with Crippen molar-refractivity contribution in [2.75, 3.05) is 13.2 Å². The highest BCUT2D eigenvalue weighted by Crippen LogP contribution is 2.11. The summed E-state index contributed by atoms with van der Waals surface area (Å²) in [7, 11) is 0. The van der Waals surface area contributed by atoms with E-state index in [-0.39, 0.29) is 0 Å². The smallest absolute Gasteiger partial charge is 0.0950 e. The van der Waals surface area contributed by atoms with E-state index in [1.165, 1.54) is 5.56 Å². The van der Waals surface area contributed by atoms with Crippen LogP contribution in [-0.2, 0) is 4.74 Å². The van der Waals surface area contributed by atoms with Gasteiger partial charge in [0.2, 0.25) is 0 Å². The zero-order chi connectivity index (χ0) is 11.1. The van der Waals surface area contributed by atoms with E-state index in [1.54, 1.807) is 12.5 Å². The summed E-state index contributed by atoms with van der Waals surface area (Å²) < 4.78 is 10.5. The number of hydrogen-bond acceptors (Lipinski definition) is 3. The van der Waals surface area contributed by atoms with Gasteiger partial charge in [0.1, 0.15) is 0 Å². The molecule has 0 aliphatic carbocycles. The van der Waals surface area contributed by atoms with Gasteiger partial charge >= 0.3 is 0 Å². The van der Waals surface area contributed by atoms with Crippen molar-refractivity contribution in [2.24, 2.45) is 0 Å². The number of nitrogens with one attached hydrogen (secondary N) is 1. The molecule has 1 unspecified atom stereocenters. The fourth-order valence-electron chi connectivity index (χ4n) is 1.35. The molecule has 0 saturated heterocycles. The molecule has 1 rings (SSSR count). The molecule has 0 bridgehead atoms. The van der Waals surface area contributed by atoms with Crippen LogP contribution in [-0.4, -0.2) is 19.3 Å². The molecular formula is C12H21NO2. The molecule has 0 spiro atoms. The molecule has 1 heterocycles. The van der Waals surface area contributed by atoms with Crippen molar-refractivity contribution in [3.63, 3.8) is 0 Å². The minimum absolute atomic E-state index is 0.330. The van der Waals surface area contributed by atoms with Crippen molar-refractivity contribution in [1.82, 2.24) is 5.32 Å². The van der Waals surface area contributed by atoms with E-state index in [0.29, 0.717) is 12.1 Å². The van der Waals surface area contributed by atoms with E-state index in [1.807, 2.05) is 6.07 Å². The summed E-state index contributed by atoms with van der Waals surface area (Å²) in [6.07, 6.45) is 4.86. The molecule has 1 aromatic rings. The lowest BCUT2D eigenvalue weighted by Gasteiger charge is -2.12. The quantitative estimate of drug-likeness (QED) is 0.704. The maximum absolute atomic E-state index is 5.46. The predicted octanol–water partition coefficient (Wildman–Crippen LogP) is 2.75. The third-order valence-electron chi connectivity index (χ3n) is 2.27. The van der Waals surface area contributed by atoms with Crippen LogP contribution < -0.4 is 5.32 Å². The number of hydrogen-bond donors (Lipinski definition) is 1. The molecule has 0 saturated carbocycles. The fraction of sp³-hybridized carbons (Fsp3) is 0.667. The van der Waals surface area contributed by atoms with Crippen LogP contribution in [0.2, 0.25) is 0 Å². The predicted molar refractivity (Wildman–Crippen MR) is 60.8 cm³/mol. The van der Waals surface area contributed by atoms with Crippen molar-refractivity contribution in [2.45, 2.75) is 39.3 Å². The standard InChI is InChI=1S/C12H21NO2/c1-10(2)15-7-4-6-13-11(3)12-5-8-14-9-12/h5,8-11,13H,4,6-7H2,1-3H3. The minimum Gasteiger partial charge on any atom is -0.472 e. The van der Waals surface area contributed by atoms with Gasteiger partial charge in [-0.15, -0.1) is 0 Å². The summed E-state index contributed by atoms with van der Waals surface area (Å²) in [6, 6.07) is 2.34. The summed E-state index contributed by atoms with van der Waals surface area (Å²) >= 11 is 0. The molecule has 3 heteroatoms. The van der Waals surface area contributed by atoms with E-state index in [9.17, 15) is 0 Å². The Morgan fingerprint density at radius 1 is 1.40 bits per heavy atom. The highest BCUT2D eigenvalue weighted by Gasteiger charge is 2.04. The Morgan fingerprint density at radius 2 is 2.20 bits per heavy atom. The molecule has 1 aromatic heterocycles. The van der Waals surface area contributed by atoms with Crippen LogP contribution in [0.15, 0.2) is 23.0 Å². The molecule has 15 heavy (non-hydrogen) atoms. The lowest BCUT2D eigenvalue weighted by Crippen LogP contribution is -2.21. The Hall–Kier alpha value is -0.800. The molecule has 0 radical (unpaired) electrons. The average molecular weight is 211 g/mol. The second-order valence-corrected chi connectivity index (χ2v) is 4.01. The Kier molecular flexibility index (Phi) is 5.43. The summed E-state index contributed by atoms with van der Waals surface area (Å²) in [5.41, 5.74) is 1.19. The van der Waals surface area contributed by atoms with Gasteiger partial charge in [-0.1, -0.05) is 0 Å². The molecule has 1 atom stereocenters. The zero-order valence-corrected chi connectivity index (χ0v) is 9.82. The first kappa shape index (κ1) is 12.3. The van der Waals surface area contributed by atoms with Crippen molar-refractivity contribution < 1.29 is 9.15 Å². The SMILES string of the molecule is CC(C)OCCCNC(C)c1ccoc1. The monoisotopic (exact) mass is 211 g/mol. The van der Waals surface area contributed by atoms with Crippen LogP contribution in [0.3, 0.4) is 0 Å². The zero-order valence-electron chi connectivity index (χ0n) is 9.82. The Morgan fingerprint density at radius 3 is 2.80 bits per heavy atom. The Labute approximate surface area is 91.8 Å². The lowest BCUT2D eigenvalue weighted by atomic mass is 10.2. The van der Waals surface area contributed by atoms with Crippen LogP contribution >= 0.6 is 0 Å². The van der Waals surface area contributed by atoms with Crippen LogP contribution in [0.4, 0.5) is 0 Å². The summed E-state index contributed by atoms with van der Waals surface area (Å²) in [4.78, 5) is 0. The van der Waals surface area contributed by atoms with Gasteiger partial charge in [0.15, 0.2) is 0 Å². The maximum Gasteiger partial charge on any atom is 0.0950 e. The Bertz CT molecular complexity index is 244. The van der Waals surface area contributed by atoms with E-state index in [0.717, 1.165) is 19.6 Å². The normalized spacial score (nSPS) is 13.3. The average Bonchev–Trinajstić information content (AvgIpc) is 2.69. The van der Waals surface area contributed by atoms with Crippen LogP contribution in [0.25, 0.3) is 0 Å². The van der Waals surface area contributed by atoms with Gasteiger partial charge in [0.25, 0.3) is 0 Å². The van der Waals surface area contributed by atoms with Crippen molar-refractivity contribution in [3.8, 4) is 0 Å². The van der Waals surface area contributed by atoms with Gasteiger partial charge < -0.3 is 14.5 Å². The van der Waals surface area contributed by atoms with Crippen LogP contribution in [0, 0.1) is 0 Å². The van der Waals surface area contributed by atoms with Gasteiger partial charge in [-0.3, -0.25) is 0 Å². The molecular weight excluding hydrogens is 190 g/mol.